The van der Waals surface area contributed by atoms with E-state index in [9.17, 15) is 4.79 Å². The van der Waals surface area contributed by atoms with Crippen LogP contribution in [0.4, 0.5) is 4.79 Å². The summed E-state index contributed by atoms with van der Waals surface area (Å²) in [6.45, 7) is 5.17. The lowest BCUT2D eigenvalue weighted by atomic mass is 9.86. The fourth-order valence-corrected chi connectivity index (χ4v) is 5.68. The molecule has 32 heavy (non-hydrogen) atoms. The first-order chi connectivity index (χ1) is 15.6. The molecule has 4 heterocycles. The lowest BCUT2D eigenvalue weighted by molar-refractivity contribution is -0.0165. The zero-order valence-corrected chi connectivity index (χ0v) is 19.0. The van der Waals surface area contributed by atoms with Gasteiger partial charge in [0.15, 0.2) is 0 Å². The highest BCUT2D eigenvalue weighted by Crippen LogP contribution is 2.39. The summed E-state index contributed by atoms with van der Waals surface area (Å²) in [5.74, 6) is 0.848. The van der Waals surface area contributed by atoms with Gasteiger partial charge in [0.2, 0.25) is 0 Å². The van der Waals surface area contributed by atoms with E-state index in [-0.39, 0.29) is 11.6 Å². The zero-order valence-electron chi connectivity index (χ0n) is 19.0. The summed E-state index contributed by atoms with van der Waals surface area (Å²) < 4.78 is 10.9. The summed E-state index contributed by atoms with van der Waals surface area (Å²) in [5.41, 5.74) is 3.34. The molecule has 5 rings (SSSR count). The number of benzene rings is 1. The van der Waals surface area contributed by atoms with Gasteiger partial charge in [0.1, 0.15) is 5.75 Å². The number of urea groups is 1. The van der Waals surface area contributed by atoms with Gasteiger partial charge in [-0.3, -0.25) is 10.00 Å². The summed E-state index contributed by atoms with van der Waals surface area (Å²) in [7, 11) is 3.62. The average molecular weight is 440 g/mol. The number of carbonyl (C=O) groups excluding carboxylic acids is 1. The van der Waals surface area contributed by atoms with Crippen LogP contribution in [0.15, 0.2) is 30.5 Å². The van der Waals surface area contributed by atoms with Crippen LogP contribution in [0.3, 0.4) is 0 Å². The highest BCUT2D eigenvalue weighted by atomic mass is 16.5. The molecule has 3 aliphatic rings. The van der Waals surface area contributed by atoms with Crippen LogP contribution in [0.1, 0.15) is 31.2 Å². The topological polar surface area (TPSA) is 73.9 Å². The number of rotatable bonds is 5. The molecule has 0 atom stereocenters. The number of nitrogens with zero attached hydrogens (tertiary/aromatic N) is 4. The highest BCUT2D eigenvalue weighted by molar-refractivity contribution is 5.78. The summed E-state index contributed by atoms with van der Waals surface area (Å²) in [4.78, 5) is 19.7. The van der Waals surface area contributed by atoms with Gasteiger partial charge in [-0.1, -0.05) is 0 Å². The first-order valence-corrected chi connectivity index (χ1v) is 11.6. The number of likely N-dealkylation sites (tertiary alicyclic amines) is 1. The van der Waals surface area contributed by atoms with Gasteiger partial charge in [-0.2, -0.15) is 5.10 Å². The Morgan fingerprint density at radius 1 is 1.19 bits per heavy atom. The molecular formula is C24H33N5O3. The van der Waals surface area contributed by atoms with Crippen LogP contribution in [0.5, 0.6) is 5.75 Å². The molecule has 8 nitrogen and oxygen atoms in total. The first kappa shape index (κ1) is 21.3. The zero-order chi connectivity index (χ0) is 22.1. The van der Waals surface area contributed by atoms with Crippen molar-refractivity contribution in [3.8, 4) is 17.0 Å². The second-order valence-electron chi connectivity index (χ2n) is 9.35. The number of methoxy groups -OCH3 is 1. The van der Waals surface area contributed by atoms with Crippen LogP contribution < -0.4 is 4.74 Å². The predicted octanol–water partition coefficient (Wildman–Crippen LogP) is 2.97. The van der Waals surface area contributed by atoms with E-state index in [1.165, 1.54) is 5.56 Å². The molecule has 8 heteroatoms. The normalized spacial score (nSPS) is 22.1. The molecule has 2 aromatic rings. The van der Waals surface area contributed by atoms with Crippen LogP contribution in [-0.2, 0) is 11.3 Å². The molecular weight excluding hydrogens is 406 g/mol. The Morgan fingerprint density at radius 2 is 1.91 bits per heavy atom. The van der Waals surface area contributed by atoms with Gasteiger partial charge in [-0.25, -0.2) is 4.79 Å². The Bertz CT molecular complexity index is 929. The maximum Gasteiger partial charge on any atom is 0.320 e. The number of carbonyl (C=O) groups is 1. The molecule has 0 radical (unpaired) electrons. The monoisotopic (exact) mass is 439 g/mol. The third-order valence-corrected chi connectivity index (χ3v) is 7.41. The van der Waals surface area contributed by atoms with Crippen molar-refractivity contribution in [1.29, 1.82) is 0 Å². The van der Waals surface area contributed by atoms with Gasteiger partial charge in [-0.05, 0) is 49.9 Å². The smallest absolute Gasteiger partial charge is 0.320 e. The van der Waals surface area contributed by atoms with Crippen molar-refractivity contribution in [3.63, 3.8) is 0 Å². The van der Waals surface area contributed by atoms with Crippen molar-refractivity contribution >= 4 is 6.03 Å². The van der Waals surface area contributed by atoms with Crippen LogP contribution in [0.25, 0.3) is 11.3 Å². The van der Waals surface area contributed by atoms with Crippen molar-refractivity contribution in [1.82, 2.24) is 24.9 Å². The molecule has 0 unspecified atom stereocenters. The first-order valence-electron chi connectivity index (χ1n) is 11.6. The maximum absolute atomic E-state index is 13.0. The fraction of sp³-hybridized carbons (Fsp3) is 0.583. The second-order valence-corrected chi connectivity index (χ2v) is 9.35. The molecule has 1 aromatic heterocycles. The Kier molecular flexibility index (Phi) is 5.82. The van der Waals surface area contributed by atoms with Crippen LogP contribution >= 0.6 is 0 Å². The van der Waals surface area contributed by atoms with E-state index < -0.39 is 0 Å². The van der Waals surface area contributed by atoms with Gasteiger partial charge >= 0.3 is 6.03 Å². The van der Waals surface area contributed by atoms with E-state index in [2.05, 4.69) is 32.1 Å². The minimum absolute atomic E-state index is 0.0387. The van der Waals surface area contributed by atoms with E-state index >= 15 is 0 Å². The third kappa shape index (κ3) is 3.86. The van der Waals surface area contributed by atoms with Crippen molar-refractivity contribution in [2.24, 2.45) is 0 Å². The summed E-state index contributed by atoms with van der Waals surface area (Å²) in [6, 6.07) is 8.58. The molecule has 172 valence electrons. The number of hydrogen-bond acceptors (Lipinski definition) is 5. The molecule has 1 N–H and O–H groups in total. The second kappa shape index (κ2) is 8.75. The Labute approximate surface area is 189 Å². The van der Waals surface area contributed by atoms with Gasteiger partial charge < -0.3 is 19.3 Å². The van der Waals surface area contributed by atoms with E-state index in [4.69, 9.17) is 9.47 Å². The van der Waals surface area contributed by atoms with Crippen LogP contribution in [0, 0.1) is 0 Å². The number of aromatic amines is 1. The Balaban J connectivity index is 1.24. The van der Waals surface area contributed by atoms with E-state index in [1.54, 1.807) is 7.11 Å². The SMILES string of the molecule is COc1ccc(-c2[nH]ncc2CN2CCC(N3C(=O)N(C)CC34CCOCC4)CC2)cc1. The molecule has 3 aliphatic heterocycles. The Morgan fingerprint density at radius 3 is 2.59 bits per heavy atom. The fourth-order valence-electron chi connectivity index (χ4n) is 5.68. The lowest BCUT2D eigenvalue weighted by Gasteiger charge is -2.46. The number of hydrogen-bond donors (Lipinski definition) is 1. The van der Waals surface area contributed by atoms with Gasteiger partial charge in [0.25, 0.3) is 0 Å². The molecule has 2 amide bonds. The molecule has 1 aromatic carbocycles. The minimum atomic E-state index is -0.0387. The number of aromatic nitrogens is 2. The number of ether oxygens (including phenoxy) is 2. The van der Waals surface area contributed by atoms with Crippen molar-refractivity contribution < 1.29 is 14.3 Å². The van der Waals surface area contributed by atoms with Gasteiger partial charge in [-0.15, -0.1) is 0 Å². The maximum atomic E-state index is 13.0. The van der Waals surface area contributed by atoms with Crippen molar-refractivity contribution in [2.45, 2.75) is 43.8 Å². The van der Waals surface area contributed by atoms with Gasteiger partial charge in [0.05, 0.1) is 24.5 Å². The number of H-pyrrole nitrogens is 1. The molecule has 0 bridgehead atoms. The molecule has 0 aliphatic carbocycles. The minimum Gasteiger partial charge on any atom is -0.497 e. The summed E-state index contributed by atoms with van der Waals surface area (Å²) in [6.07, 6.45) is 5.85. The number of amides is 2. The lowest BCUT2D eigenvalue weighted by Crippen LogP contribution is -2.57. The van der Waals surface area contributed by atoms with Crippen molar-refractivity contribution in [3.05, 3.63) is 36.0 Å². The van der Waals surface area contributed by atoms with E-state index in [1.807, 2.05) is 30.3 Å². The number of piperidine rings is 1. The van der Waals surface area contributed by atoms with Crippen LogP contribution in [0.2, 0.25) is 0 Å². The molecule has 0 saturated carbocycles. The largest absolute Gasteiger partial charge is 0.497 e. The molecule has 1 spiro atoms. The predicted molar refractivity (Wildman–Crippen MR) is 122 cm³/mol. The molecule has 3 fully saturated rings. The van der Waals surface area contributed by atoms with E-state index in [0.717, 1.165) is 82.1 Å². The summed E-state index contributed by atoms with van der Waals surface area (Å²) >= 11 is 0. The third-order valence-electron chi connectivity index (χ3n) is 7.41. The number of nitrogens with one attached hydrogen (secondary N) is 1. The van der Waals surface area contributed by atoms with E-state index in [0.29, 0.717) is 6.04 Å². The average Bonchev–Trinajstić information content (AvgIpc) is 3.37. The quantitative estimate of drug-likeness (QED) is 0.775. The summed E-state index contributed by atoms with van der Waals surface area (Å²) in [5, 5.41) is 7.47. The van der Waals surface area contributed by atoms with Gasteiger partial charge in [0, 0.05) is 63.6 Å². The number of likely N-dealkylation sites (N-methyl/N-ethyl adjacent to an activating group) is 1. The molecule has 3 saturated heterocycles. The standard InChI is InChI=1S/C24H33N5O3/c1-27-17-24(9-13-32-14-10-24)29(23(27)30)20-7-11-28(12-8-20)16-19-15-25-26-22(19)18-3-5-21(31-2)6-4-18/h3-6,15,20H,7-14,16-17H2,1-2H3,(H,25,26). The Hall–Kier alpha value is -2.58. The highest BCUT2D eigenvalue weighted by Gasteiger charge is 2.51. The van der Waals surface area contributed by atoms with Crippen LogP contribution in [-0.4, -0.2) is 89.5 Å². The van der Waals surface area contributed by atoms with Crippen molar-refractivity contribution in [2.75, 3.05) is 47.0 Å².